The number of benzene rings is 2. The van der Waals surface area contributed by atoms with Crippen LogP contribution in [-0.2, 0) is 11.1 Å². The van der Waals surface area contributed by atoms with E-state index in [4.69, 9.17) is 16.3 Å². The maximum absolute atomic E-state index is 11.9. The number of aromatic nitrogens is 2. The Morgan fingerprint density at radius 3 is 2.51 bits per heavy atom. The van der Waals surface area contributed by atoms with Gasteiger partial charge in [-0.15, -0.1) is 0 Å². The van der Waals surface area contributed by atoms with Gasteiger partial charge in [-0.3, -0.25) is 9.46 Å². The molecular formula is C28H37ClN7O4P. The summed E-state index contributed by atoms with van der Waals surface area (Å²) >= 11 is 6.32. The molecule has 41 heavy (non-hydrogen) atoms. The van der Waals surface area contributed by atoms with Crippen LogP contribution in [0, 0.1) is 0 Å². The number of anilines is 4. The Morgan fingerprint density at radius 2 is 1.80 bits per heavy atom. The van der Waals surface area contributed by atoms with E-state index < -0.39 is 7.60 Å². The van der Waals surface area contributed by atoms with Crippen molar-refractivity contribution in [1.29, 1.82) is 0 Å². The van der Waals surface area contributed by atoms with E-state index in [1.54, 1.807) is 25.3 Å². The SMILES string of the molecule is COc1cc(N2CCC(N3CCN(C)CC3)CC2)ccc1Nc1ncc(Cl)c(NCc2ccccc2P(=O)(O)O)n1. The predicted molar refractivity (Wildman–Crippen MR) is 163 cm³/mol. The molecule has 0 amide bonds. The van der Waals surface area contributed by atoms with Crippen molar-refractivity contribution in [1.82, 2.24) is 19.8 Å². The first kappa shape index (κ1) is 29.6. The lowest BCUT2D eigenvalue weighted by atomic mass is 10.0. The molecule has 2 aliphatic rings. The zero-order valence-corrected chi connectivity index (χ0v) is 25.0. The second kappa shape index (κ2) is 12.9. The molecule has 0 saturated carbocycles. The predicted octanol–water partition coefficient (Wildman–Crippen LogP) is 3.51. The molecule has 0 aliphatic carbocycles. The molecule has 11 nitrogen and oxygen atoms in total. The normalized spacial score (nSPS) is 17.4. The fraction of sp³-hybridized carbons (Fsp3) is 0.429. The van der Waals surface area contributed by atoms with E-state index >= 15 is 0 Å². The Bertz CT molecular complexity index is 1390. The summed E-state index contributed by atoms with van der Waals surface area (Å²) < 4.78 is 17.6. The van der Waals surface area contributed by atoms with Gasteiger partial charge in [-0.25, -0.2) is 4.98 Å². The van der Waals surface area contributed by atoms with Crippen LogP contribution in [0.2, 0.25) is 5.02 Å². The number of hydrogen-bond acceptors (Lipinski definition) is 9. The Labute approximate surface area is 245 Å². The zero-order chi connectivity index (χ0) is 29.0. The van der Waals surface area contributed by atoms with Crippen LogP contribution >= 0.6 is 19.2 Å². The Morgan fingerprint density at radius 1 is 1.07 bits per heavy atom. The first-order valence-corrected chi connectivity index (χ1v) is 15.7. The average Bonchev–Trinajstić information content (AvgIpc) is 2.98. The summed E-state index contributed by atoms with van der Waals surface area (Å²) in [5.74, 6) is 1.31. The number of methoxy groups -OCH3 is 1. The average molecular weight is 602 g/mol. The highest BCUT2D eigenvalue weighted by Gasteiger charge is 2.27. The number of ether oxygens (including phenoxy) is 1. The molecule has 0 atom stereocenters. The molecule has 0 radical (unpaired) electrons. The van der Waals surface area contributed by atoms with Gasteiger partial charge in [-0.1, -0.05) is 29.8 Å². The molecule has 0 unspecified atom stereocenters. The van der Waals surface area contributed by atoms with Crippen molar-refractivity contribution >= 4 is 47.6 Å². The molecule has 2 aromatic carbocycles. The minimum atomic E-state index is -4.42. The number of piperazine rings is 1. The van der Waals surface area contributed by atoms with Gasteiger partial charge < -0.3 is 35.0 Å². The third-order valence-corrected chi connectivity index (χ3v) is 9.15. The Balaban J connectivity index is 1.23. The monoisotopic (exact) mass is 601 g/mol. The quantitative estimate of drug-likeness (QED) is 0.269. The van der Waals surface area contributed by atoms with Crippen LogP contribution in [0.3, 0.4) is 0 Å². The summed E-state index contributed by atoms with van der Waals surface area (Å²) in [5.41, 5.74) is 2.28. The van der Waals surface area contributed by atoms with Crippen molar-refractivity contribution in [2.24, 2.45) is 0 Å². The van der Waals surface area contributed by atoms with Gasteiger partial charge in [0.05, 0.1) is 24.3 Å². The third kappa shape index (κ3) is 7.30. The lowest BCUT2D eigenvalue weighted by molar-refractivity contribution is 0.0982. The van der Waals surface area contributed by atoms with E-state index in [0.717, 1.165) is 57.8 Å². The molecular weight excluding hydrogens is 565 g/mol. The lowest BCUT2D eigenvalue weighted by Gasteiger charge is -2.42. The number of nitrogens with zero attached hydrogens (tertiary/aromatic N) is 5. The molecule has 3 aromatic rings. The van der Waals surface area contributed by atoms with Gasteiger partial charge in [0.25, 0.3) is 0 Å². The number of rotatable bonds is 9. The maximum Gasteiger partial charge on any atom is 0.356 e. The molecule has 3 heterocycles. The molecule has 2 fully saturated rings. The highest BCUT2D eigenvalue weighted by molar-refractivity contribution is 7.60. The number of hydrogen-bond donors (Lipinski definition) is 4. The molecule has 0 spiro atoms. The van der Waals surface area contributed by atoms with Crippen molar-refractivity contribution in [3.8, 4) is 5.75 Å². The summed E-state index contributed by atoms with van der Waals surface area (Å²) in [6.45, 7) is 6.73. The van der Waals surface area contributed by atoms with Crippen LogP contribution in [0.15, 0.2) is 48.7 Å². The van der Waals surface area contributed by atoms with E-state index in [1.807, 2.05) is 12.1 Å². The van der Waals surface area contributed by atoms with Crippen molar-refractivity contribution < 1.29 is 19.1 Å². The van der Waals surface area contributed by atoms with Crippen LogP contribution in [0.5, 0.6) is 5.75 Å². The molecule has 4 N–H and O–H groups in total. The maximum atomic E-state index is 11.9. The topological polar surface area (TPSA) is 126 Å². The van der Waals surface area contributed by atoms with E-state index in [-0.39, 0.29) is 16.9 Å². The molecule has 1 aromatic heterocycles. The largest absolute Gasteiger partial charge is 0.494 e. The summed E-state index contributed by atoms with van der Waals surface area (Å²) in [6.07, 6.45) is 3.78. The van der Waals surface area contributed by atoms with Crippen LogP contribution in [0.25, 0.3) is 0 Å². The number of halogens is 1. The van der Waals surface area contributed by atoms with Crippen molar-refractivity contribution in [2.75, 3.05) is 69.0 Å². The third-order valence-electron chi connectivity index (χ3n) is 7.81. The van der Waals surface area contributed by atoms with Crippen LogP contribution in [0.4, 0.5) is 23.1 Å². The molecule has 0 bridgehead atoms. The number of piperidine rings is 1. The molecule has 2 aliphatic heterocycles. The second-order valence-corrected chi connectivity index (χ2v) is 12.5. The fourth-order valence-electron chi connectivity index (χ4n) is 5.45. The van der Waals surface area contributed by atoms with Gasteiger partial charge in [0.1, 0.15) is 10.8 Å². The highest BCUT2D eigenvalue weighted by Crippen LogP contribution is 2.36. The summed E-state index contributed by atoms with van der Waals surface area (Å²) in [7, 11) is -0.588. The minimum absolute atomic E-state index is 0.0376. The molecule has 5 rings (SSSR count). The Kier molecular flexibility index (Phi) is 9.33. The minimum Gasteiger partial charge on any atom is -0.494 e. The van der Waals surface area contributed by atoms with Crippen LogP contribution in [-0.4, -0.2) is 89.0 Å². The zero-order valence-electron chi connectivity index (χ0n) is 23.3. The van der Waals surface area contributed by atoms with Gasteiger partial charge >= 0.3 is 7.60 Å². The molecule has 2 saturated heterocycles. The Hall–Kier alpha value is -2.92. The second-order valence-electron chi connectivity index (χ2n) is 10.5. The van der Waals surface area contributed by atoms with Gasteiger partial charge in [0.2, 0.25) is 5.95 Å². The van der Waals surface area contributed by atoms with Crippen molar-refractivity contribution in [3.05, 3.63) is 59.2 Å². The first-order chi connectivity index (χ1) is 19.7. The van der Waals surface area contributed by atoms with Crippen molar-refractivity contribution in [3.63, 3.8) is 0 Å². The van der Waals surface area contributed by atoms with Gasteiger partial charge in [-0.05, 0) is 43.7 Å². The van der Waals surface area contributed by atoms with E-state index in [0.29, 0.717) is 34.8 Å². The van der Waals surface area contributed by atoms with E-state index in [9.17, 15) is 14.4 Å². The lowest BCUT2D eigenvalue weighted by Crippen LogP contribution is -2.52. The summed E-state index contributed by atoms with van der Waals surface area (Å²) in [6, 6.07) is 13.1. The van der Waals surface area contributed by atoms with Gasteiger partial charge in [-0.2, -0.15) is 4.98 Å². The molecule has 13 heteroatoms. The first-order valence-electron chi connectivity index (χ1n) is 13.7. The van der Waals surface area contributed by atoms with Crippen LogP contribution < -0.4 is 25.6 Å². The van der Waals surface area contributed by atoms with Crippen molar-refractivity contribution in [2.45, 2.75) is 25.4 Å². The fourth-order valence-corrected chi connectivity index (χ4v) is 6.42. The summed E-state index contributed by atoms with van der Waals surface area (Å²) in [4.78, 5) is 35.6. The highest BCUT2D eigenvalue weighted by atomic mass is 35.5. The smallest absolute Gasteiger partial charge is 0.356 e. The van der Waals surface area contributed by atoms with E-state index in [2.05, 4.69) is 48.4 Å². The van der Waals surface area contributed by atoms with Gasteiger partial charge in [0.15, 0.2) is 5.82 Å². The standard InChI is InChI=1S/C28H37ClN7O4P/c1-34-13-15-36(16-14-34)21-9-11-35(12-10-21)22-7-8-24(25(17-22)40-2)32-28-31-19-23(29)27(33-28)30-18-20-5-3-4-6-26(20)41(37,38)39/h3-8,17,19,21H,9-16,18H2,1-2H3,(H2,37,38,39)(H2,30,31,32,33). The summed E-state index contributed by atoms with van der Waals surface area (Å²) in [5, 5.41) is 6.52. The van der Waals surface area contributed by atoms with Gasteiger partial charge in [0, 0.05) is 63.6 Å². The number of nitrogens with one attached hydrogen (secondary N) is 2. The number of likely N-dealkylation sites (N-methyl/N-ethyl adjacent to an activating group) is 1. The van der Waals surface area contributed by atoms with Crippen LogP contribution in [0.1, 0.15) is 18.4 Å². The van der Waals surface area contributed by atoms with E-state index in [1.165, 1.54) is 12.3 Å². The molecule has 220 valence electrons.